The first-order valence-corrected chi connectivity index (χ1v) is 6.40. The molecular weight excluding hydrogens is 282 g/mol. The van der Waals surface area contributed by atoms with Gasteiger partial charge >= 0.3 is 0 Å². The zero-order valence-corrected chi connectivity index (χ0v) is 12.7. The Morgan fingerprint density at radius 2 is 1.71 bits per heavy atom. The van der Waals surface area contributed by atoms with Crippen LogP contribution in [0.15, 0.2) is 22.7 Å². The summed E-state index contributed by atoms with van der Waals surface area (Å²) in [6.07, 6.45) is 0. The van der Waals surface area contributed by atoms with Crippen LogP contribution in [0.5, 0.6) is 0 Å². The van der Waals surface area contributed by atoms with Crippen LogP contribution in [0.25, 0.3) is 0 Å². The highest BCUT2D eigenvalue weighted by Gasteiger charge is 2.12. The van der Waals surface area contributed by atoms with Crippen molar-refractivity contribution in [3.63, 3.8) is 0 Å². The van der Waals surface area contributed by atoms with E-state index in [1.165, 1.54) is 7.05 Å². The Morgan fingerprint density at radius 1 is 1.24 bits per heavy atom. The van der Waals surface area contributed by atoms with Crippen molar-refractivity contribution < 1.29 is 4.79 Å². The third kappa shape index (κ3) is 5.70. The summed E-state index contributed by atoms with van der Waals surface area (Å²) in [4.78, 5) is 11.4. The number of amides is 1. The standard InChI is InChI=1S/C8H10BrN3O.2C2H6/c1-12(11)8(13)5-3-2-4-6(9)7(5)10;2*1-2/h2-4H,10-11H2,1H3;2*1-2H3. The predicted octanol–water partition coefficient (Wildman–Crippen LogP) is 3.03. The molecule has 0 spiro atoms. The van der Waals surface area contributed by atoms with Crippen LogP contribution in [0, 0.1) is 0 Å². The molecule has 1 aromatic rings. The lowest BCUT2D eigenvalue weighted by Crippen LogP contribution is -2.33. The second kappa shape index (κ2) is 10.1. The van der Waals surface area contributed by atoms with E-state index in [4.69, 9.17) is 11.6 Å². The minimum absolute atomic E-state index is 0.307. The molecule has 0 unspecified atom stereocenters. The van der Waals surface area contributed by atoms with Crippen molar-refractivity contribution >= 4 is 27.5 Å². The van der Waals surface area contributed by atoms with Gasteiger partial charge in [0.15, 0.2) is 0 Å². The monoisotopic (exact) mass is 303 g/mol. The molecule has 4 nitrogen and oxygen atoms in total. The number of halogens is 1. The number of para-hydroxylation sites is 1. The maximum atomic E-state index is 11.4. The van der Waals surface area contributed by atoms with Gasteiger partial charge in [-0.25, -0.2) is 5.84 Å². The van der Waals surface area contributed by atoms with E-state index in [1.54, 1.807) is 18.2 Å². The molecule has 0 fully saturated rings. The fourth-order valence-electron chi connectivity index (χ4n) is 0.914. The molecular formula is C12H22BrN3O. The van der Waals surface area contributed by atoms with Gasteiger partial charge in [-0.1, -0.05) is 33.8 Å². The van der Waals surface area contributed by atoms with Crippen LogP contribution in [-0.4, -0.2) is 18.0 Å². The number of hydrazine groups is 1. The van der Waals surface area contributed by atoms with Gasteiger partial charge in [0, 0.05) is 11.5 Å². The highest BCUT2D eigenvalue weighted by molar-refractivity contribution is 9.10. The fraction of sp³-hybridized carbons (Fsp3) is 0.417. The van der Waals surface area contributed by atoms with Gasteiger partial charge in [0.25, 0.3) is 5.91 Å². The van der Waals surface area contributed by atoms with Crippen LogP contribution >= 0.6 is 15.9 Å². The SMILES string of the molecule is CC.CC.CN(N)C(=O)c1cccc(Br)c1N. The van der Waals surface area contributed by atoms with Gasteiger partial charge in [-0.2, -0.15) is 0 Å². The van der Waals surface area contributed by atoms with Gasteiger partial charge in [-0.05, 0) is 28.1 Å². The maximum Gasteiger partial charge on any atom is 0.269 e. The Hall–Kier alpha value is -1.07. The number of nitrogens with zero attached hydrogens (tertiary/aromatic N) is 1. The van der Waals surface area contributed by atoms with E-state index in [-0.39, 0.29) is 5.91 Å². The topological polar surface area (TPSA) is 72.3 Å². The molecule has 1 amide bonds. The summed E-state index contributed by atoms with van der Waals surface area (Å²) in [5.41, 5.74) is 6.48. The van der Waals surface area contributed by atoms with Crippen LogP contribution in [-0.2, 0) is 0 Å². The molecule has 0 atom stereocenters. The van der Waals surface area contributed by atoms with Crippen LogP contribution < -0.4 is 11.6 Å². The van der Waals surface area contributed by atoms with Crippen molar-refractivity contribution in [2.75, 3.05) is 12.8 Å². The van der Waals surface area contributed by atoms with E-state index in [0.29, 0.717) is 15.7 Å². The molecule has 0 aromatic heterocycles. The molecule has 0 bridgehead atoms. The van der Waals surface area contributed by atoms with Crippen molar-refractivity contribution in [1.29, 1.82) is 0 Å². The molecule has 98 valence electrons. The molecule has 0 aliphatic heterocycles. The molecule has 0 aliphatic carbocycles. The average Bonchev–Trinajstić information content (AvgIpc) is 2.36. The maximum absolute atomic E-state index is 11.4. The Bertz CT molecular complexity index is 341. The molecule has 1 rings (SSSR count). The number of hydrogen-bond donors (Lipinski definition) is 2. The molecule has 17 heavy (non-hydrogen) atoms. The van der Waals surface area contributed by atoms with E-state index < -0.39 is 0 Å². The number of benzene rings is 1. The van der Waals surface area contributed by atoms with Crippen molar-refractivity contribution in [1.82, 2.24) is 5.01 Å². The lowest BCUT2D eigenvalue weighted by atomic mass is 10.1. The number of carbonyl (C=O) groups excluding carboxylic acids is 1. The smallest absolute Gasteiger partial charge is 0.269 e. The van der Waals surface area contributed by atoms with Gasteiger partial charge in [0.1, 0.15) is 0 Å². The number of hydrogen-bond acceptors (Lipinski definition) is 3. The van der Waals surface area contributed by atoms with Gasteiger partial charge in [0.2, 0.25) is 0 Å². The first kappa shape index (κ1) is 18.3. The molecule has 0 aliphatic rings. The van der Waals surface area contributed by atoms with E-state index >= 15 is 0 Å². The highest BCUT2D eigenvalue weighted by atomic mass is 79.9. The minimum atomic E-state index is -0.307. The summed E-state index contributed by atoms with van der Waals surface area (Å²) < 4.78 is 0.695. The minimum Gasteiger partial charge on any atom is -0.397 e. The lowest BCUT2D eigenvalue weighted by molar-refractivity contribution is 0.0796. The zero-order valence-electron chi connectivity index (χ0n) is 11.1. The van der Waals surface area contributed by atoms with Gasteiger partial charge in [-0.3, -0.25) is 9.80 Å². The second-order valence-corrected chi connectivity index (χ2v) is 3.47. The zero-order chi connectivity index (χ0) is 14.0. The summed E-state index contributed by atoms with van der Waals surface area (Å²) in [6.45, 7) is 8.00. The van der Waals surface area contributed by atoms with Crippen molar-refractivity contribution in [3.05, 3.63) is 28.2 Å². The summed E-state index contributed by atoms with van der Waals surface area (Å²) in [7, 11) is 1.47. The number of nitrogen functional groups attached to an aromatic ring is 1. The average molecular weight is 304 g/mol. The lowest BCUT2D eigenvalue weighted by Gasteiger charge is -2.12. The van der Waals surface area contributed by atoms with E-state index in [2.05, 4.69) is 15.9 Å². The molecule has 0 saturated heterocycles. The predicted molar refractivity (Wildman–Crippen MR) is 77.5 cm³/mol. The van der Waals surface area contributed by atoms with Crippen LogP contribution in [0.2, 0.25) is 0 Å². The Morgan fingerprint density at radius 3 is 2.12 bits per heavy atom. The summed E-state index contributed by atoms with van der Waals surface area (Å²) in [5.74, 6) is 4.99. The van der Waals surface area contributed by atoms with Crippen LogP contribution in [0.4, 0.5) is 5.69 Å². The third-order valence-corrected chi connectivity index (χ3v) is 2.30. The highest BCUT2D eigenvalue weighted by Crippen LogP contribution is 2.23. The molecule has 4 N–H and O–H groups in total. The largest absolute Gasteiger partial charge is 0.397 e. The second-order valence-electron chi connectivity index (χ2n) is 2.62. The number of carbonyl (C=O) groups is 1. The van der Waals surface area contributed by atoms with E-state index in [0.717, 1.165) is 5.01 Å². The van der Waals surface area contributed by atoms with E-state index in [1.807, 2.05) is 27.7 Å². The normalized spacial score (nSPS) is 8.18. The molecule has 0 saturated carbocycles. The summed E-state index contributed by atoms with van der Waals surface area (Å²) in [6, 6.07) is 5.13. The van der Waals surface area contributed by atoms with Crippen LogP contribution in [0.1, 0.15) is 38.1 Å². The van der Waals surface area contributed by atoms with Crippen LogP contribution in [0.3, 0.4) is 0 Å². The molecule has 0 heterocycles. The molecule has 1 aromatic carbocycles. The quantitative estimate of drug-likeness (QED) is 0.362. The van der Waals surface area contributed by atoms with Crippen molar-refractivity contribution in [2.24, 2.45) is 5.84 Å². The Balaban J connectivity index is 0. The first-order chi connectivity index (χ1) is 8.04. The molecule has 0 radical (unpaired) electrons. The Kier molecular flexibility index (Phi) is 10.9. The fourth-order valence-corrected chi connectivity index (χ4v) is 1.28. The number of anilines is 1. The van der Waals surface area contributed by atoms with Crippen molar-refractivity contribution in [2.45, 2.75) is 27.7 Å². The van der Waals surface area contributed by atoms with Gasteiger partial charge in [-0.15, -0.1) is 0 Å². The van der Waals surface area contributed by atoms with Gasteiger partial charge in [0.05, 0.1) is 11.3 Å². The van der Waals surface area contributed by atoms with Crippen molar-refractivity contribution in [3.8, 4) is 0 Å². The number of rotatable bonds is 1. The first-order valence-electron chi connectivity index (χ1n) is 5.60. The molecule has 5 heteroatoms. The van der Waals surface area contributed by atoms with E-state index in [9.17, 15) is 4.79 Å². The Labute approximate surface area is 112 Å². The van der Waals surface area contributed by atoms with Gasteiger partial charge < -0.3 is 5.73 Å². The summed E-state index contributed by atoms with van der Waals surface area (Å²) in [5, 5.41) is 0.998. The third-order valence-electron chi connectivity index (χ3n) is 1.60. The number of nitrogens with two attached hydrogens (primary N) is 2. The summed E-state index contributed by atoms with van der Waals surface area (Å²) >= 11 is 3.23.